The van der Waals surface area contributed by atoms with Crippen molar-refractivity contribution in [2.75, 3.05) is 0 Å². The van der Waals surface area contributed by atoms with Crippen molar-refractivity contribution in [2.24, 2.45) is 11.7 Å². The summed E-state index contributed by atoms with van der Waals surface area (Å²) in [6, 6.07) is 4.94. The minimum atomic E-state index is -0.373. The Kier molecular flexibility index (Phi) is 4.77. The van der Waals surface area contributed by atoms with E-state index < -0.39 is 0 Å². The number of nitro groups is 1. The lowest BCUT2D eigenvalue weighted by Crippen LogP contribution is -2.28. The average Bonchev–Trinajstić information content (AvgIpc) is 2.90. The van der Waals surface area contributed by atoms with Crippen LogP contribution in [0.3, 0.4) is 0 Å². The van der Waals surface area contributed by atoms with Gasteiger partial charge in [-0.1, -0.05) is 30.5 Å². The van der Waals surface area contributed by atoms with Gasteiger partial charge in [0.2, 0.25) is 0 Å². The Morgan fingerprint density at radius 1 is 1.42 bits per heavy atom. The van der Waals surface area contributed by atoms with Crippen LogP contribution in [0.1, 0.15) is 37.7 Å². The predicted molar refractivity (Wildman–Crippen MR) is 76.4 cm³/mol. The van der Waals surface area contributed by atoms with Crippen molar-refractivity contribution in [1.29, 1.82) is 0 Å². The van der Waals surface area contributed by atoms with E-state index in [1.807, 2.05) is 0 Å². The first-order chi connectivity index (χ1) is 9.09. The summed E-state index contributed by atoms with van der Waals surface area (Å²) < 4.78 is 0. The highest BCUT2D eigenvalue weighted by atomic mass is 35.5. The lowest BCUT2D eigenvalue weighted by molar-refractivity contribution is -0.385. The van der Waals surface area contributed by atoms with E-state index in [4.69, 9.17) is 17.3 Å². The number of rotatable bonds is 5. The molecule has 0 saturated heterocycles. The molecule has 5 heteroatoms. The van der Waals surface area contributed by atoms with Crippen LogP contribution in [-0.2, 0) is 6.42 Å². The molecule has 0 radical (unpaired) electrons. The van der Waals surface area contributed by atoms with Crippen LogP contribution in [0, 0.1) is 16.0 Å². The number of halogens is 1. The zero-order chi connectivity index (χ0) is 13.8. The highest BCUT2D eigenvalue weighted by molar-refractivity contribution is 6.31. The molecule has 0 amide bonds. The highest BCUT2D eigenvalue weighted by Gasteiger charge is 2.23. The first-order valence-electron chi connectivity index (χ1n) is 6.77. The van der Waals surface area contributed by atoms with Crippen LogP contribution in [0.2, 0.25) is 5.02 Å². The molecule has 0 aromatic heterocycles. The van der Waals surface area contributed by atoms with Gasteiger partial charge in [-0.15, -0.1) is 0 Å². The van der Waals surface area contributed by atoms with Gasteiger partial charge in [0.1, 0.15) is 0 Å². The normalized spacial score (nSPS) is 17.6. The lowest BCUT2D eigenvalue weighted by Gasteiger charge is -2.18. The third-order valence-corrected chi connectivity index (χ3v) is 4.38. The molecular formula is C14H19ClN2O2. The van der Waals surface area contributed by atoms with Crippen LogP contribution in [0.5, 0.6) is 0 Å². The van der Waals surface area contributed by atoms with Gasteiger partial charge in [0.15, 0.2) is 0 Å². The fraction of sp³-hybridized carbons (Fsp3) is 0.571. The molecule has 1 aromatic carbocycles. The van der Waals surface area contributed by atoms with Crippen LogP contribution >= 0.6 is 11.6 Å². The quantitative estimate of drug-likeness (QED) is 0.661. The lowest BCUT2D eigenvalue weighted by atomic mass is 9.93. The molecule has 4 nitrogen and oxygen atoms in total. The van der Waals surface area contributed by atoms with Crippen LogP contribution in [-0.4, -0.2) is 11.0 Å². The third kappa shape index (κ3) is 3.45. The Morgan fingerprint density at radius 2 is 2.11 bits per heavy atom. The second-order valence-electron chi connectivity index (χ2n) is 5.24. The Morgan fingerprint density at radius 3 is 2.74 bits per heavy atom. The van der Waals surface area contributed by atoms with Gasteiger partial charge >= 0.3 is 0 Å². The Balaban J connectivity index is 2.04. The SMILES string of the molecule is NC(CCc1c(Cl)cccc1[N+](=O)[O-])C1CCCC1. The summed E-state index contributed by atoms with van der Waals surface area (Å²) in [6.45, 7) is 0. The molecule has 1 aromatic rings. The van der Waals surface area contributed by atoms with E-state index in [1.165, 1.54) is 31.7 Å². The van der Waals surface area contributed by atoms with Crippen molar-refractivity contribution >= 4 is 17.3 Å². The summed E-state index contributed by atoms with van der Waals surface area (Å²) in [7, 11) is 0. The molecule has 1 aliphatic carbocycles. The maximum atomic E-state index is 11.0. The van der Waals surface area contributed by atoms with Crippen molar-refractivity contribution in [2.45, 2.75) is 44.6 Å². The smallest absolute Gasteiger partial charge is 0.274 e. The first kappa shape index (κ1) is 14.3. The number of nitrogens with zero attached hydrogens (tertiary/aromatic N) is 1. The molecule has 1 atom stereocenters. The summed E-state index contributed by atoms with van der Waals surface area (Å²) in [5.74, 6) is 0.571. The van der Waals surface area contributed by atoms with Gasteiger partial charge in [0.25, 0.3) is 5.69 Å². The standard InChI is InChI=1S/C14H19ClN2O2/c15-12-6-3-7-14(17(18)19)11(12)8-9-13(16)10-4-1-2-5-10/h3,6-7,10,13H,1-2,4-5,8-9,16H2. The molecule has 1 aliphatic rings. The summed E-state index contributed by atoms with van der Waals surface area (Å²) in [4.78, 5) is 10.6. The van der Waals surface area contributed by atoms with E-state index in [0.717, 1.165) is 6.42 Å². The van der Waals surface area contributed by atoms with Crippen molar-refractivity contribution in [1.82, 2.24) is 0 Å². The van der Waals surface area contributed by atoms with Crippen molar-refractivity contribution in [3.8, 4) is 0 Å². The predicted octanol–water partition coefficient (Wildman–Crippen LogP) is 3.70. The van der Waals surface area contributed by atoms with Gasteiger partial charge in [-0.3, -0.25) is 10.1 Å². The minimum Gasteiger partial charge on any atom is -0.327 e. The van der Waals surface area contributed by atoms with Gasteiger partial charge in [0.05, 0.1) is 9.95 Å². The molecule has 104 valence electrons. The number of nitrogens with two attached hydrogens (primary N) is 1. The Hall–Kier alpha value is -1.13. The summed E-state index contributed by atoms with van der Waals surface area (Å²) >= 11 is 6.07. The largest absolute Gasteiger partial charge is 0.327 e. The number of hydrogen-bond acceptors (Lipinski definition) is 3. The number of nitro benzene ring substituents is 1. The van der Waals surface area contributed by atoms with Crippen LogP contribution in [0.4, 0.5) is 5.69 Å². The molecule has 0 aliphatic heterocycles. The van der Waals surface area contributed by atoms with E-state index in [2.05, 4.69) is 0 Å². The van der Waals surface area contributed by atoms with Crippen molar-refractivity contribution < 1.29 is 4.92 Å². The first-order valence-corrected chi connectivity index (χ1v) is 7.14. The van der Waals surface area contributed by atoms with E-state index in [9.17, 15) is 10.1 Å². The average molecular weight is 283 g/mol. The van der Waals surface area contributed by atoms with Crippen LogP contribution in [0.15, 0.2) is 18.2 Å². The summed E-state index contributed by atoms with van der Waals surface area (Å²) in [5, 5.41) is 11.5. The minimum absolute atomic E-state index is 0.103. The van der Waals surface area contributed by atoms with Gasteiger partial charge < -0.3 is 5.73 Å². The zero-order valence-electron chi connectivity index (χ0n) is 10.8. The molecule has 0 bridgehead atoms. The topological polar surface area (TPSA) is 69.2 Å². The Bertz CT molecular complexity index is 459. The molecule has 0 heterocycles. The third-order valence-electron chi connectivity index (χ3n) is 4.02. The van der Waals surface area contributed by atoms with E-state index >= 15 is 0 Å². The molecule has 1 fully saturated rings. The van der Waals surface area contributed by atoms with Gasteiger partial charge in [-0.05, 0) is 37.7 Å². The maximum Gasteiger partial charge on any atom is 0.274 e. The van der Waals surface area contributed by atoms with Gasteiger partial charge in [-0.25, -0.2) is 0 Å². The molecule has 1 unspecified atom stereocenters. The fourth-order valence-electron chi connectivity index (χ4n) is 2.90. The molecule has 1 saturated carbocycles. The highest BCUT2D eigenvalue weighted by Crippen LogP contribution is 2.31. The van der Waals surface area contributed by atoms with Crippen LogP contribution in [0.25, 0.3) is 0 Å². The van der Waals surface area contributed by atoms with Crippen molar-refractivity contribution in [3.05, 3.63) is 38.9 Å². The van der Waals surface area contributed by atoms with E-state index in [-0.39, 0.29) is 16.7 Å². The maximum absolute atomic E-state index is 11.0. The van der Waals surface area contributed by atoms with E-state index in [1.54, 1.807) is 12.1 Å². The van der Waals surface area contributed by atoms with Gasteiger partial charge in [-0.2, -0.15) is 0 Å². The second-order valence-corrected chi connectivity index (χ2v) is 5.65. The number of benzene rings is 1. The monoisotopic (exact) mass is 282 g/mol. The van der Waals surface area contributed by atoms with Crippen molar-refractivity contribution in [3.63, 3.8) is 0 Å². The molecule has 0 spiro atoms. The molecule has 19 heavy (non-hydrogen) atoms. The Labute approximate surface area is 118 Å². The molecular weight excluding hydrogens is 264 g/mol. The summed E-state index contributed by atoms with van der Waals surface area (Å²) in [6.07, 6.45) is 6.22. The van der Waals surface area contributed by atoms with E-state index in [0.29, 0.717) is 22.9 Å². The van der Waals surface area contributed by atoms with Crippen LogP contribution < -0.4 is 5.73 Å². The fourth-order valence-corrected chi connectivity index (χ4v) is 3.16. The molecule has 2 N–H and O–H groups in total. The number of hydrogen-bond donors (Lipinski definition) is 1. The van der Waals surface area contributed by atoms with Gasteiger partial charge in [0, 0.05) is 17.7 Å². The second kappa shape index (κ2) is 6.35. The zero-order valence-corrected chi connectivity index (χ0v) is 11.6. The summed E-state index contributed by atoms with van der Waals surface area (Å²) in [5.41, 5.74) is 6.91. The molecule has 2 rings (SSSR count).